The summed E-state index contributed by atoms with van der Waals surface area (Å²) in [5.74, 6) is 0.944. The number of methoxy groups -OCH3 is 2. The van der Waals surface area contributed by atoms with Crippen molar-refractivity contribution in [3.63, 3.8) is 0 Å². The fourth-order valence-corrected chi connectivity index (χ4v) is 4.01. The van der Waals surface area contributed by atoms with Gasteiger partial charge in [0.25, 0.3) is 5.91 Å². The van der Waals surface area contributed by atoms with Crippen molar-refractivity contribution >= 4 is 11.6 Å². The van der Waals surface area contributed by atoms with Gasteiger partial charge in [0.2, 0.25) is 0 Å². The Bertz CT molecular complexity index is 882. The van der Waals surface area contributed by atoms with E-state index in [1.165, 1.54) is 27.0 Å². The Kier molecular flexibility index (Phi) is 7.29. The summed E-state index contributed by atoms with van der Waals surface area (Å²) in [4.78, 5) is 15.3. The normalized spacial score (nSPS) is 19.8. The molecule has 0 spiro atoms. The Morgan fingerprint density at radius 1 is 1.10 bits per heavy atom. The lowest BCUT2D eigenvalue weighted by Crippen LogP contribution is -3.29. The number of halogens is 1. The molecule has 1 fully saturated rings. The van der Waals surface area contributed by atoms with Crippen LogP contribution in [-0.2, 0) is 11.3 Å². The van der Waals surface area contributed by atoms with Gasteiger partial charge in [0.1, 0.15) is 38.5 Å². The highest BCUT2D eigenvalue weighted by Gasteiger charge is 2.31. The molecule has 1 heterocycles. The summed E-state index contributed by atoms with van der Waals surface area (Å²) in [7, 11) is 3.30. The molecule has 30 heavy (non-hydrogen) atoms. The van der Waals surface area contributed by atoms with E-state index in [1.807, 2.05) is 13.0 Å². The second-order valence-electron chi connectivity index (χ2n) is 7.91. The molecule has 3 N–H and O–H groups in total. The van der Waals surface area contributed by atoms with E-state index in [-0.39, 0.29) is 17.6 Å². The quantitative estimate of drug-likeness (QED) is 0.614. The van der Waals surface area contributed by atoms with Crippen LogP contribution in [-0.4, -0.2) is 52.3 Å². The van der Waals surface area contributed by atoms with Crippen LogP contribution in [0.5, 0.6) is 11.5 Å². The number of benzene rings is 2. The Morgan fingerprint density at radius 3 is 2.37 bits per heavy atom. The number of carbonyl (C=O) groups is 1. The summed E-state index contributed by atoms with van der Waals surface area (Å²) in [6.45, 7) is 8.65. The summed E-state index contributed by atoms with van der Waals surface area (Å²) >= 11 is 0. The largest absolute Gasteiger partial charge is 0.493 e. The lowest BCUT2D eigenvalue weighted by atomic mass is 10.1. The topological polar surface area (TPSA) is 56.4 Å². The third kappa shape index (κ3) is 5.09. The predicted molar refractivity (Wildman–Crippen MR) is 114 cm³/mol. The van der Waals surface area contributed by atoms with Crippen LogP contribution in [0.15, 0.2) is 36.4 Å². The van der Waals surface area contributed by atoms with Crippen molar-refractivity contribution in [2.45, 2.75) is 26.4 Å². The van der Waals surface area contributed by atoms with Gasteiger partial charge in [0.05, 0.1) is 19.9 Å². The molecule has 1 amide bonds. The van der Waals surface area contributed by atoms with Crippen molar-refractivity contribution in [3.8, 4) is 11.5 Å². The van der Waals surface area contributed by atoms with Crippen LogP contribution in [0.1, 0.15) is 18.1 Å². The second kappa shape index (κ2) is 9.91. The number of anilines is 1. The SMILES string of the molecule is COc1cc(C)c(C[NH+]2CC[NH+]([C@@H](C)C(=O)Nc3ccccc3F)CC2)cc1OC. The molecule has 1 aliphatic rings. The molecular formula is C23H32FN3O3+2. The summed E-state index contributed by atoms with van der Waals surface area (Å²) < 4.78 is 24.6. The number of amides is 1. The van der Waals surface area contributed by atoms with Crippen molar-refractivity contribution in [1.82, 2.24) is 0 Å². The Hall–Kier alpha value is -2.64. The smallest absolute Gasteiger partial charge is 0.282 e. The monoisotopic (exact) mass is 417 g/mol. The van der Waals surface area contributed by atoms with E-state index < -0.39 is 5.82 Å². The number of piperazine rings is 1. The molecule has 162 valence electrons. The fourth-order valence-electron chi connectivity index (χ4n) is 4.01. The second-order valence-corrected chi connectivity index (χ2v) is 7.91. The maximum atomic E-state index is 13.8. The van der Waals surface area contributed by atoms with Gasteiger partial charge in [0, 0.05) is 5.56 Å². The number of carbonyl (C=O) groups excluding carboxylic acids is 1. The van der Waals surface area contributed by atoms with E-state index in [0.29, 0.717) is 0 Å². The highest BCUT2D eigenvalue weighted by Crippen LogP contribution is 2.29. The minimum atomic E-state index is -0.410. The molecule has 0 aliphatic carbocycles. The summed E-state index contributed by atoms with van der Waals surface area (Å²) in [5, 5.41) is 2.72. The van der Waals surface area contributed by atoms with Gasteiger partial charge in [-0.15, -0.1) is 0 Å². The zero-order valence-electron chi connectivity index (χ0n) is 18.2. The van der Waals surface area contributed by atoms with Gasteiger partial charge in [-0.25, -0.2) is 4.39 Å². The van der Waals surface area contributed by atoms with E-state index in [2.05, 4.69) is 18.3 Å². The van der Waals surface area contributed by atoms with E-state index in [9.17, 15) is 9.18 Å². The number of ether oxygens (including phenoxy) is 2. The first-order chi connectivity index (χ1) is 14.4. The first-order valence-corrected chi connectivity index (χ1v) is 10.4. The number of rotatable bonds is 7. The maximum Gasteiger partial charge on any atom is 0.282 e. The molecule has 1 saturated heterocycles. The van der Waals surface area contributed by atoms with Crippen LogP contribution < -0.4 is 24.6 Å². The van der Waals surface area contributed by atoms with Crippen molar-refractivity contribution in [3.05, 3.63) is 53.3 Å². The highest BCUT2D eigenvalue weighted by molar-refractivity contribution is 5.93. The molecule has 6 nitrogen and oxygen atoms in total. The first-order valence-electron chi connectivity index (χ1n) is 10.4. The van der Waals surface area contributed by atoms with Crippen LogP contribution in [0.3, 0.4) is 0 Å². The first kappa shape index (κ1) is 22.1. The van der Waals surface area contributed by atoms with E-state index in [4.69, 9.17) is 9.47 Å². The summed E-state index contributed by atoms with van der Waals surface area (Å²) in [5.41, 5.74) is 2.67. The maximum absolute atomic E-state index is 13.8. The third-order valence-electron chi connectivity index (χ3n) is 6.02. The van der Waals surface area contributed by atoms with Gasteiger partial charge < -0.3 is 24.6 Å². The van der Waals surface area contributed by atoms with E-state index >= 15 is 0 Å². The predicted octanol–water partition coefficient (Wildman–Crippen LogP) is 0.462. The van der Waals surface area contributed by atoms with Crippen LogP contribution >= 0.6 is 0 Å². The Morgan fingerprint density at radius 2 is 1.73 bits per heavy atom. The molecule has 0 saturated carbocycles. The molecule has 2 aromatic carbocycles. The lowest BCUT2D eigenvalue weighted by Gasteiger charge is -2.33. The lowest BCUT2D eigenvalue weighted by molar-refractivity contribution is -1.02. The summed E-state index contributed by atoms with van der Waals surface area (Å²) in [6, 6.07) is 10.1. The molecule has 1 atom stereocenters. The van der Waals surface area contributed by atoms with Gasteiger partial charge in [-0.2, -0.15) is 0 Å². The molecule has 0 bridgehead atoms. The standard InChI is InChI=1S/C23H30FN3O3/c1-16-13-21(29-3)22(30-4)14-18(16)15-26-9-11-27(12-10-26)17(2)23(28)25-20-8-6-5-7-19(20)24/h5-8,13-14,17H,9-12,15H2,1-4H3,(H,25,28)/p+2/t17-/m0/s1. The van der Waals surface area contributed by atoms with Crippen LogP contribution in [0.2, 0.25) is 0 Å². The number of aryl methyl sites for hydroxylation is 1. The molecular weight excluding hydrogens is 385 g/mol. The zero-order valence-corrected chi connectivity index (χ0v) is 18.2. The minimum absolute atomic E-state index is 0.144. The Balaban J connectivity index is 1.56. The molecule has 0 unspecified atom stereocenters. The number of para-hydroxylation sites is 1. The van der Waals surface area contributed by atoms with Crippen molar-refractivity contribution in [2.75, 3.05) is 45.7 Å². The number of quaternary nitrogens is 2. The molecule has 2 aromatic rings. The van der Waals surface area contributed by atoms with Crippen molar-refractivity contribution < 1.29 is 28.5 Å². The molecule has 3 rings (SSSR count). The molecule has 0 radical (unpaired) electrons. The molecule has 1 aliphatic heterocycles. The fraction of sp³-hybridized carbons (Fsp3) is 0.435. The van der Waals surface area contributed by atoms with Gasteiger partial charge in [-0.1, -0.05) is 12.1 Å². The van der Waals surface area contributed by atoms with Crippen LogP contribution in [0.4, 0.5) is 10.1 Å². The van der Waals surface area contributed by atoms with Gasteiger partial charge in [0.15, 0.2) is 17.5 Å². The van der Waals surface area contributed by atoms with Gasteiger partial charge >= 0.3 is 0 Å². The zero-order chi connectivity index (χ0) is 21.7. The van der Waals surface area contributed by atoms with Crippen LogP contribution in [0, 0.1) is 12.7 Å². The number of nitrogens with one attached hydrogen (secondary N) is 3. The minimum Gasteiger partial charge on any atom is -0.493 e. The summed E-state index contributed by atoms with van der Waals surface area (Å²) in [6.07, 6.45) is 0. The molecule has 0 aromatic heterocycles. The third-order valence-corrected chi connectivity index (χ3v) is 6.02. The average molecular weight is 418 g/mol. The van der Waals surface area contributed by atoms with Gasteiger partial charge in [-0.3, -0.25) is 4.79 Å². The molecule has 7 heteroatoms. The van der Waals surface area contributed by atoms with Gasteiger partial charge in [-0.05, 0) is 43.7 Å². The number of hydrogen-bond donors (Lipinski definition) is 3. The van der Waals surface area contributed by atoms with Crippen molar-refractivity contribution in [2.24, 2.45) is 0 Å². The average Bonchev–Trinajstić information content (AvgIpc) is 2.76. The number of hydrogen-bond acceptors (Lipinski definition) is 3. The van der Waals surface area contributed by atoms with E-state index in [0.717, 1.165) is 44.2 Å². The van der Waals surface area contributed by atoms with Crippen molar-refractivity contribution in [1.29, 1.82) is 0 Å². The highest BCUT2D eigenvalue weighted by atomic mass is 19.1. The van der Waals surface area contributed by atoms with Crippen LogP contribution in [0.25, 0.3) is 0 Å². The Labute approximate surface area is 177 Å². The van der Waals surface area contributed by atoms with E-state index in [1.54, 1.807) is 32.4 Å².